The van der Waals surface area contributed by atoms with Crippen LogP contribution in [-0.4, -0.2) is 16.7 Å². The zero-order valence-electron chi connectivity index (χ0n) is 11.6. The van der Waals surface area contributed by atoms with Gasteiger partial charge in [0.15, 0.2) is 0 Å². The van der Waals surface area contributed by atoms with E-state index in [1.165, 1.54) is 4.88 Å². The van der Waals surface area contributed by atoms with Crippen molar-refractivity contribution in [2.75, 3.05) is 7.11 Å². The van der Waals surface area contributed by atoms with Crippen molar-refractivity contribution in [1.29, 1.82) is 0 Å². The zero-order chi connectivity index (χ0) is 15.0. The number of benzene rings is 1. The molecule has 0 saturated heterocycles. The topological polar surface area (TPSA) is 27.1 Å². The first kappa shape index (κ1) is 14.9. The first-order chi connectivity index (χ1) is 10.1. The smallest absolute Gasteiger partial charge is 0.128 e. The van der Waals surface area contributed by atoms with Gasteiger partial charge in [0.2, 0.25) is 0 Å². The second kappa shape index (κ2) is 5.99. The number of imidazole rings is 1. The van der Waals surface area contributed by atoms with Crippen LogP contribution >= 0.6 is 38.9 Å². The SMILES string of the molecule is COc1ccc2nc(C(C)Cl)n(Cc3cc(Br)cs3)c2c1. The summed E-state index contributed by atoms with van der Waals surface area (Å²) in [4.78, 5) is 5.91. The van der Waals surface area contributed by atoms with Crippen molar-refractivity contribution >= 4 is 49.9 Å². The molecule has 0 fully saturated rings. The Kier molecular flexibility index (Phi) is 4.24. The van der Waals surface area contributed by atoms with Gasteiger partial charge in [0.25, 0.3) is 0 Å². The maximum Gasteiger partial charge on any atom is 0.128 e. The van der Waals surface area contributed by atoms with Gasteiger partial charge in [0, 0.05) is 20.8 Å². The Labute approximate surface area is 140 Å². The summed E-state index contributed by atoms with van der Waals surface area (Å²) in [5, 5.41) is 1.94. The number of nitrogens with zero attached hydrogens (tertiary/aromatic N) is 2. The number of hydrogen-bond acceptors (Lipinski definition) is 3. The molecule has 110 valence electrons. The van der Waals surface area contributed by atoms with Crippen molar-refractivity contribution < 1.29 is 4.74 Å². The lowest BCUT2D eigenvalue weighted by Gasteiger charge is -2.09. The van der Waals surface area contributed by atoms with E-state index in [1.54, 1.807) is 18.4 Å². The molecule has 3 nitrogen and oxygen atoms in total. The van der Waals surface area contributed by atoms with Crippen LogP contribution < -0.4 is 4.74 Å². The van der Waals surface area contributed by atoms with E-state index < -0.39 is 0 Å². The van der Waals surface area contributed by atoms with Gasteiger partial charge in [-0.3, -0.25) is 0 Å². The highest BCUT2D eigenvalue weighted by atomic mass is 79.9. The summed E-state index contributed by atoms with van der Waals surface area (Å²) in [5.74, 6) is 1.70. The van der Waals surface area contributed by atoms with E-state index in [4.69, 9.17) is 16.3 Å². The van der Waals surface area contributed by atoms with Crippen LogP contribution in [0.5, 0.6) is 5.75 Å². The highest BCUT2D eigenvalue weighted by Gasteiger charge is 2.16. The van der Waals surface area contributed by atoms with Crippen LogP contribution in [0.1, 0.15) is 23.0 Å². The fraction of sp³-hybridized carbons (Fsp3) is 0.267. The largest absolute Gasteiger partial charge is 0.497 e. The molecule has 6 heteroatoms. The Hall–Kier alpha value is -1.04. The lowest BCUT2D eigenvalue weighted by atomic mass is 10.3. The summed E-state index contributed by atoms with van der Waals surface area (Å²) in [6.45, 7) is 2.70. The third-order valence-electron chi connectivity index (χ3n) is 3.28. The van der Waals surface area contributed by atoms with Crippen molar-refractivity contribution in [3.63, 3.8) is 0 Å². The van der Waals surface area contributed by atoms with E-state index >= 15 is 0 Å². The molecule has 3 aromatic rings. The molecule has 1 atom stereocenters. The summed E-state index contributed by atoms with van der Waals surface area (Å²) in [7, 11) is 1.67. The van der Waals surface area contributed by atoms with Gasteiger partial charge in [-0.1, -0.05) is 0 Å². The van der Waals surface area contributed by atoms with Gasteiger partial charge in [-0.05, 0) is 41.1 Å². The molecule has 0 radical (unpaired) electrons. The quantitative estimate of drug-likeness (QED) is 0.576. The second-order valence-electron chi connectivity index (χ2n) is 4.76. The summed E-state index contributed by atoms with van der Waals surface area (Å²) < 4.78 is 8.58. The predicted octanol–water partition coefficient (Wildman–Crippen LogP) is 5.22. The van der Waals surface area contributed by atoms with Crippen molar-refractivity contribution in [2.24, 2.45) is 0 Å². The molecule has 0 bridgehead atoms. The molecule has 2 heterocycles. The Morgan fingerprint density at radius 3 is 2.86 bits per heavy atom. The first-order valence-electron chi connectivity index (χ1n) is 6.49. The second-order valence-corrected chi connectivity index (χ2v) is 7.32. The fourth-order valence-corrected chi connectivity index (χ4v) is 3.92. The van der Waals surface area contributed by atoms with Crippen LogP contribution in [0.2, 0.25) is 0 Å². The van der Waals surface area contributed by atoms with Gasteiger partial charge in [-0.15, -0.1) is 22.9 Å². The molecule has 3 rings (SSSR count). The number of ether oxygens (including phenoxy) is 1. The zero-order valence-corrected chi connectivity index (χ0v) is 14.8. The van der Waals surface area contributed by atoms with E-state index in [0.29, 0.717) is 0 Å². The summed E-state index contributed by atoms with van der Waals surface area (Å²) >= 11 is 11.5. The van der Waals surface area contributed by atoms with Gasteiger partial charge in [0.05, 0.1) is 30.1 Å². The van der Waals surface area contributed by atoms with Crippen molar-refractivity contribution in [1.82, 2.24) is 9.55 Å². The molecule has 0 aliphatic heterocycles. The number of methoxy groups -OCH3 is 1. The van der Waals surface area contributed by atoms with Crippen LogP contribution in [0.25, 0.3) is 11.0 Å². The normalized spacial score (nSPS) is 12.8. The third-order valence-corrected chi connectivity index (χ3v) is 5.15. The average Bonchev–Trinajstić information content (AvgIpc) is 3.03. The molecule has 0 saturated carbocycles. The minimum Gasteiger partial charge on any atom is -0.497 e. The van der Waals surface area contributed by atoms with Gasteiger partial charge >= 0.3 is 0 Å². The van der Waals surface area contributed by atoms with E-state index in [1.807, 2.05) is 25.1 Å². The van der Waals surface area contributed by atoms with Crippen LogP contribution in [0.3, 0.4) is 0 Å². The molecule has 21 heavy (non-hydrogen) atoms. The van der Waals surface area contributed by atoms with Crippen molar-refractivity contribution in [3.8, 4) is 5.75 Å². The minimum atomic E-state index is -0.146. The molecule has 0 aliphatic carbocycles. The van der Waals surface area contributed by atoms with E-state index in [0.717, 1.165) is 33.6 Å². The highest BCUT2D eigenvalue weighted by molar-refractivity contribution is 9.10. The summed E-state index contributed by atoms with van der Waals surface area (Å²) in [6, 6.07) is 8.02. The van der Waals surface area contributed by atoms with Crippen LogP contribution in [0, 0.1) is 0 Å². The summed E-state index contributed by atoms with van der Waals surface area (Å²) in [5.41, 5.74) is 1.98. The summed E-state index contributed by atoms with van der Waals surface area (Å²) in [6.07, 6.45) is 0. The van der Waals surface area contributed by atoms with Crippen LogP contribution in [0.15, 0.2) is 34.1 Å². The molecule has 1 aromatic carbocycles. The van der Waals surface area contributed by atoms with Gasteiger partial charge in [-0.25, -0.2) is 4.98 Å². The molecule has 0 amide bonds. The Morgan fingerprint density at radius 1 is 1.43 bits per heavy atom. The maximum absolute atomic E-state index is 6.30. The number of aromatic nitrogens is 2. The molecule has 1 unspecified atom stereocenters. The van der Waals surface area contributed by atoms with Crippen LogP contribution in [-0.2, 0) is 6.54 Å². The minimum absolute atomic E-state index is 0.146. The van der Waals surface area contributed by atoms with Gasteiger partial charge < -0.3 is 9.30 Å². The van der Waals surface area contributed by atoms with E-state index in [2.05, 4.69) is 36.9 Å². The molecule has 0 aliphatic rings. The number of hydrogen-bond donors (Lipinski definition) is 0. The number of halogens is 2. The lowest BCUT2D eigenvalue weighted by Crippen LogP contribution is -2.04. The number of alkyl halides is 1. The Balaban J connectivity index is 2.14. The standard InChI is InChI=1S/C15H14BrClN2OS/c1-9(17)15-18-13-4-3-11(20-2)6-14(13)19(15)7-12-5-10(16)8-21-12/h3-6,8-9H,7H2,1-2H3. The van der Waals surface area contributed by atoms with Crippen LogP contribution in [0.4, 0.5) is 0 Å². The van der Waals surface area contributed by atoms with E-state index in [9.17, 15) is 0 Å². The van der Waals surface area contributed by atoms with Crippen molar-refractivity contribution in [3.05, 3.63) is 44.8 Å². The molecular formula is C15H14BrClN2OS. The number of thiophene rings is 1. The lowest BCUT2D eigenvalue weighted by molar-refractivity contribution is 0.415. The highest BCUT2D eigenvalue weighted by Crippen LogP contribution is 2.29. The monoisotopic (exact) mass is 384 g/mol. The third kappa shape index (κ3) is 2.96. The number of rotatable bonds is 4. The van der Waals surface area contributed by atoms with Crippen molar-refractivity contribution in [2.45, 2.75) is 18.8 Å². The predicted molar refractivity (Wildman–Crippen MR) is 91.7 cm³/mol. The first-order valence-corrected chi connectivity index (χ1v) is 8.60. The maximum atomic E-state index is 6.30. The Morgan fingerprint density at radius 2 is 2.24 bits per heavy atom. The molecule has 0 spiro atoms. The fourth-order valence-electron chi connectivity index (χ4n) is 2.31. The molecular weight excluding hydrogens is 372 g/mol. The number of fused-ring (bicyclic) bond motifs is 1. The molecule has 0 N–H and O–H groups in total. The van der Waals surface area contributed by atoms with Gasteiger partial charge in [-0.2, -0.15) is 0 Å². The van der Waals surface area contributed by atoms with Gasteiger partial charge in [0.1, 0.15) is 11.6 Å². The average molecular weight is 386 g/mol. The molecule has 2 aromatic heterocycles. The van der Waals surface area contributed by atoms with E-state index in [-0.39, 0.29) is 5.38 Å². The Bertz CT molecular complexity index is 781.